The zero-order valence-electron chi connectivity index (χ0n) is 22.0. The van der Waals surface area contributed by atoms with Crippen LogP contribution in [0.25, 0.3) is 5.70 Å². The molecule has 39 heavy (non-hydrogen) atoms. The largest absolute Gasteiger partial charge is 0.413 e. The molecule has 2 heterocycles. The number of aliphatic hydroxyl groups excluding tert-OH is 1. The monoisotopic (exact) mass is 543 g/mol. The quantitative estimate of drug-likeness (QED) is 0.313. The molecule has 0 saturated carbocycles. The molecule has 2 aromatic rings. The molecular formula is C27H32F3N7O2. The zero-order chi connectivity index (χ0) is 28.5. The van der Waals surface area contributed by atoms with Crippen LogP contribution in [0.3, 0.4) is 0 Å². The predicted octanol–water partition coefficient (Wildman–Crippen LogP) is 2.78. The molecule has 9 nitrogen and oxygen atoms in total. The van der Waals surface area contributed by atoms with Gasteiger partial charge in [0.05, 0.1) is 23.7 Å². The fourth-order valence-electron chi connectivity index (χ4n) is 4.40. The summed E-state index contributed by atoms with van der Waals surface area (Å²) in [4.78, 5) is 15.1. The van der Waals surface area contributed by atoms with Gasteiger partial charge in [-0.1, -0.05) is 12.1 Å². The number of carbonyl (C=O) groups is 1. The molecule has 1 saturated heterocycles. The third kappa shape index (κ3) is 6.59. The molecule has 1 aromatic carbocycles. The minimum Gasteiger partial charge on any atom is -0.397 e. The maximum atomic E-state index is 13.6. The molecule has 12 heteroatoms. The second-order valence-corrected chi connectivity index (χ2v) is 9.81. The summed E-state index contributed by atoms with van der Waals surface area (Å²) in [5, 5.41) is 17.6. The highest BCUT2D eigenvalue weighted by atomic mass is 19.4. The number of β-amino-alcohol motifs (C(OH)–C–C–N with tert-alkyl or cyclic N) is 1. The lowest BCUT2D eigenvalue weighted by atomic mass is 10.1. The SMILES string of the molecule is Cc1ccc(C(=O)NC2=CC(CN3CC(O)C3)=CCC(C(F)(F)F)=C2)cc1N(N)/C=C(\N)c1cnn(C)c1C. The van der Waals surface area contributed by atoms with E-state index in [0.717, 1.165) is 17.3 Å². The number of anilines is 1. The first-order valence-corrected chi connectivity index (χ1v) is 12.3. The molecule has 1 aliphatic heterocycles. The number of hydrazine groups is 1. The highest BCUT2D eigenvalue weighted by Gasteiger charge is 2.34. The summed E-state index contributed by atoms with van der Waals surface area (Å²) in [6.07, 6.45) is 1.85. The fraction of sp³-hybridized carbons (Fsp3) is 0.333. The highest BCUT2D eigenvalue weighted by molar-refractivity contribution is 5.97. The molecular weight excluding hydrogens is 511 g/mol. The van der Waals surface area contributed by atoms with Crippen LogP contribution in [0.15, 0.2) is 65.7 Å². The van der Waals surface area contributed by atoms with Crippen molar-refractivity contribution in [1.82, 2.24) is 20.0 Å². The van der Waals surface area contributed by atoms with Gasteiger partial charge in [-0.25, -0.2) is 5.84 Å². The van der Waals surface area contributed by atoms with Crippen molar-refractivity contribution in [3.8, 4) is 0 Å². The summed E-state index contributed by atoms with van der Waals surface area (Å²) < 4.78 is 42.5. The third-order valence-corrected chi connectivity index (χ3v) is 6.79. The summed E-state index contributed by atoms with van der Waals surface area (Å²) in [6, 6.07) is 4.82. The lowest BCUT2D eigenvalue weighted by molar-refractivity contribution is -0.0929. The van der Waals surface area contributed by atoms with E-state index in [9.17, 15) is 23.1 Å². The molecule has 1 aliphatic carbocycles. The number of hydrogen-bond acceptors (Lipinski definition) is 7. The Morgan fingerprint density at radius 3 is 2.62 bits per heavy atom. The average Bonchev–Trinajstić information content (AvgIpc) is 3.04. The van der Waals surface area contributed by atoms with Crippen LogP contribution < -0.4 is 21.9 Å². The van der Waals surface area contributed by atoms with Crippen molar-refractivity contribution in [3.63, 3.8) is 0 Å². The van der Waals surface area contributed by atoms with Crippen LogP contribution in [-0.4, -0.2) is 57.6 Å². The van der Waals surface area contributed by atoms with Crippen molar-refractivity contribution in [2.24, 2.45) is 18.6 Å². The molecule has 1 amide bonds. The second-order valence-electron chi connectivity index (χ2n) is 9.81. The van der Waals surface area contributed by atoms with Crippen molar-refractivity contribution in [3.05, 3.63) is 88.1 Å². The molecule has 0 spiro atoms. The van der Waals surface area contributed by atoms with E-state index in [-0.39, 0.29) is 17.7 Å². The van der Waals surface area contributed by atoms with Crippen LogP contribution in [0.5, 0.6) is 0 Å². The number of hydrogen-bond donors (Lipinski definition) is 4. The number of nitrogens with two attached hydrogens (primary N) is 2. The number of allylic oxidation sites excluding steroid dienone is 3. The molecule has 208 valence electrons. The van der Waals surface area contributed by atoms with Crippen LogP contribution in [0.1, 0.15) is 33.6 Å². The first-order chi connectivity index (χ1) is 18.3. The summed E-state index contributed by atoms with van der Waals surface area (Å²) in [7, 11) is 1.79. The third-order valence-electron chi connectivity index (χ3n) is 6.79. The first kappa shape index (κ1) is 28.1. The van der Waals surface area contributed by atoms with Crippen LogP contribution in [0, 0.1) is 13.8 Å². The van der Waals surface area contributed by atoms with E-state index in [2.05, 4.69) is 10.4 Å². The Balaban J connectivity index is 1.56. The normalized spacial score (nSPS) is 17.1. The van der Waals surface area contributed by atoms with Crippen LogP contribution in [0.4, 0.5) is 18.9 Å². The Hall–Kier alpha value is -3.87. The summed E-state index contributed by atoms with van der Waals surface area (Å²) in [6.45, 7) is 4.96. The van der Waals surface area contributed by atoms with Crippen molar-refractivity contribution in [1.29, 1.82) is 0 Å². The van der Waals surface area contributed by atoms with Crippen LogP contribution >= 0.6 is 0 Å². The molecule has 0 bridgehead atoms. The topological polar surface area (TPSA) is 126 Å². The molecule has 0 atom stereocenters. The van der Waals surface area contributed by atoms with Gasteiger partial charge in [0.2, 0.25) is 0 Å². The fourth-order valence-corrected chi connectivity index (χ4v) is 4.40. The lowest BCUT2D eigenvalue weighted by Gasteiger charge is -2.36. The summed E-state index contributed by atoms with van der Waals surface area (Å²) in [5.74, 6) is 5.68. The van der Waals surface area contributed by atoms with Crippen molar-refractivity contribution >= 4 is 17.3 Å². The van der Waals surface area contributed by atoms with Gasteiger partial charge in [-0.2, -0.15) is 18.3 Å². The number of nitrogens with one attached hydrogen (secondary N) is 1. The van der Waals surface area contributed by atoms with E-state index in [1.165, 1.54) is 23.4 Å². The standard InChI is InChI=1S/C27H32F3N7O2/c1-16-4-6-19(9-25(16)37(32)15-24(31)23-11-33-35(3)17(23)2)26(39)34-21-8-18(12-36-13-22(38)14-36)5-7-20(10-21)27(28,29)30/h4-6,8-11,15,22,38H,7,12-14,31-32H2,1-3H3,(H,34,39)/b24-15-. The van der Waals surface area contributed by atoms with Crippen LogP contribution in [0.2, 0.25) is 0 Å². The number of halogens is 3. The second kappa shape index (κ2) is 11.1. The van der Waals surface area contributed by atoms with Gasteiger partial charge in [0.15, 0.2) is 0 Å². The number of carbonyl (C=O) groups excluding carboxylic acids is 1. The Kier molecular flexibility index (Phi) is 8.00. The van der Waals surface area contributed by atoms with Gasteiger partial charge >= 0.3 is 6.18 Å². The average molecular weight is 544 g/mol. The minimum atomic E-state index is -4.54. The first-order valence-electron chi connectivity index (χ1n) is 12.3. The Bertz CT molecular complexity index is 1380. The lowest BCUT2D eigenvalue weighted by Crippen LogP contribution is -2.51. The zero-order valence-corrected chi connectivity index (χ0v) is 22.0. The summed E-state index contributed by atoms with van der Waals surface area (Å²) in [5.41, 5.74) is 9.51. The smallest absolute Gasteiger partial charge is 0.397 e. The molecule has 4 rings (SSSR count). The minimum absolute atomic E-state index is 0.0278. The molecule has 1 aromatic heterocycles. The number of benzene rings is 1. The Labute approximate surface area is 224 Å². The molecule has 2 aliphatic rings. The van der Waals surface area contributed by atoms with E-state index in [1.54, 1.807) is 36.1 Å². The van der Waals surface area contributed by atoms with E-state index >= 15 is 0 Å². The van der Waals surface area contributed by atoms with Gasteiger partial charge in [-0.05, 0) is 55.7 Å². The maximum absolute atomic E-state index is 13.6. The van der Waals surface area contributed by atoms with Crippen molar-refractivity contribution in [2.75, 3.05) is 24.6 Å². The number of likely N-dealkylation sites (tertiary alicyclic amines) is 1. The van der Waals surface area contributed by atoms with Crippen LogP contribution in [-0.2, 0) is 7.05 Å². The van der Waals surface area contributed by atoms with Gasteiger partial charge in [0.25, 0.3) is 5.91 Å². The van der Waals surface area contributed by atoms with E-state index in [1.807, 2.05) is 18.7 Å². The number of aliphatic hydroxyl groups is 1. The number of amides is 1. The van der Waals surface area contributed by atoms with E-state index in [0.29, 0.717) is 42.2 Å². The van der Waals surface area contributed by atoms with Crippen molar-refractivity contribution < 1.29 is 23.1 Å². The number of alkyl halides is 3. The van der Waals surface area contributed by atoms with Gasteiger partial charge in [0, 0.05) is 61.0 Å². The number of aromatic nitrogens is 2. The predicted molar refractivity (Wildman–Crippen MR) is 143 cm³/mol. The van der Waals surface area contributed by atoms with E-state index < -0.39 is 23.8 Å². The van der Waals surface area contributed by atoms with Gasteiger partial charge in [-0.15, -0.1) is 0 Å². The molecule has 1 fully saturated rings. The Morgan fingerprint density at radius 1 is 1.28 bits per heavy atom. The highest BCUT2D eigenvalue weighted by Crippen LogP contribution is 2.32. The number of nitrogens with zero attached hydrogens (tertiary/aromatic N) is 4. The molecule has 0 unspecified atom stereocenters. The van der Waals surface area contributed by atoms with Gasteiger partial charge in [0.1, 0.15) is 0 Å². The maximum Gasteiger partial charge on any atom is 0.413 e. The Morgan fingerprint density at radius 2 is 2.00 bits per heavy atom. The summed E-state index contributed by atoms with van der Waals surface area (Å²) >= 11 is 0. The van der Waals surface area contributed by atoms with Crippen molar-refractivity contribution in [2.45, 2.75) is 32.5 Å². The number of aryl methyl sites for hydroxylation is 2. The molecule has 0 radical (unpaired) electrons. The molecule has 6 N–H and O–H groups in total. The number of rotatable bonds is 7. The van der Waals surface area contributed by atoms with Gasteiger partial charge in [-0.3, -0.25) is 19.4 Å². The van der Waals surface area contributed by atoms with E-state index in [4.69, 9.17) is 11.6 Å². The van der Waals surface area contributed by atoms with Gasteiger partial charge < -0.3 is 16.2 Å².